The summed E-state index contributed by atoms with van der Waals surface area (Å²) in [5.74, 6) is 5.26. The third-order valence-electron chi connectivity index (χ3n) is 14.9. The van der Waals surface area contributed by atoms with Gasteiger partial charge in [-0.2, -0.15) is 0 Å². The van der Waals surface area contributed by atoms with Gasteiger partial charge in [-0.25, -0.2) is 15.0 Å². The van der Waals surface area contributed by atoms with Crippen LogP contribution in [0.1, 0.15) is 43.2 Å². The Morgan fingerprint density at radius 3 is 1.58 bits per heavy atom. The molecule has 4 fully saturated rings. The van der Waals surface area contributed by atoms with Gasteiger partial charge in [-0.15, -0.1) is 0 Å². The minimum absolute atomic E-state index is 0.108. The maximum absolute atomic E-state index is 5.16. The zero-order chi connectivity index (χ0) is 39.4. The van der Waals surface area contributed by atoms with E-state index in [4.69, 9.17) is 15.0 Å². The highest BCUT2D eigenvalue weighted by Crippen LogP contribution is 2.70. The van der Waals surface area contributed by atoms with Crippen molar-refractivity contribution in [3.8, 4) is 67.5 Å². The van der Waals surface area contributed by atoms with Crippen molar-refractivity contribution in [3.05, 3.63) is 187 Å². The van der Waals surface area contributed by atoms with E-state index in [0.717, 1.165) is 45.9 Å². The monoisotopic (exact) mass is 769 g/mol. The predicted molar refractivity (Wildman–Crippen MR) is 245 cm³/mol. The van der Waals surface area contributed by atoms with Crippen LogP contribution in [0.4, 0.5) is 0 Å². The first kappa shape index (κ1) is 34.2. The molecule has 3 nitrogen and oxygen atoms in total. The zero-order valence-corrected chi connectivity index (χ0v) is 33.4. The fourth-order valence-electron chi connectivity index (χ4n) is 12.6. The fourth-order valence-corrected chi connectivity index (χ4v) is 12.6. The van der Waals surface area contributed by atoms with E-state index in [1.807, 2.05) is 18.2 Å². The van der Waals surface area contributed by atoms with Crippen LogP contribution in [-0.2, 0) is 5.41 Å². The molecule has 286 valence electrons. The first-order chi connectivity index (χ1) is 29.7. The summed E-state index contributed by atoms with van der Waals surface area (Å²) >= 11 is 0. The number of nitrogens with zero attached hydrogens (tertiary/aromatic N) is 3. The van der Waals surface area contributed by atoms with Gasteiger partial charge in [0, 0.05) is 22.1 Å². The summed E-state index contributed by atoms with van der Waals surface area (Å²) in [5.41, 5.74) is 14.1. The third-order valence-corrected chi connectivity index (χ3v) is 14.9. The Morgan fingerprint density at radius 1 is 0.350 bits per heavy atom. The van der Waals surface area contributed by atoms with Crippen molar-refractivity contribution >= 4 is 21.5 Å². The second-order valence-corrected chi connectivity index (χ2v) is 18.0. The first-order valence-corrected chi connectivity index (χ1v) is 21.9. The molecule has 0 N–H and O–H groups in total. The van der Waals surface area contributed by atoms with E-state index in [-0.39, 0.29) is 5.41 Å². The standard InChI is InChI=1S/C57H43N3/c1-3-11-37(12-4-1)38-19-23-41(24-20-38)55-58-54(40-13-5-2-6-14-40)59-56(60-55)44-26-22-39-21-25-43(32-45(39)33-44)52-48-16-8-7-15-42(48)34-51-53(52)49-17-9-10-18-50(49)57(51)46-28-35-27-36(30-46)31-47(57)29-35/h1-26,32-36,46-47H,27-31H2. The molecule has 1 heterocycles. The van der Waals surface area contributed by atoms with Crippen LogP contribution >= 0.6 is 0 Å². The number of benzene rings is 8. The molecule has 60 heavy (non-hydrogen) atoms. The highest BCUT2D eigenvalue weighted by Gasteiger charge is 2.61. The minimum Gasteiger partial charge on any atom is -0.208 e. The van der Waals surface area contributed by atoms with Crippen LogP contribution in [0, 0.1) is 23.7 Å². The molecule has 3 heteroatoms. The number of hydrogen-bond donors (Lipinski definition) is 0. The van der Waals surface area contributed by atoms with Gasteiger partial charge in [0.15, 0.2) is 17.5 Å². The van der Waals surface area contributed by atoms with Gasteiger partial charge in [0.2, 0.25) is 0 Å². The lowest BCUT2D eigenvalue weighted by atomic mass is 9.43. The lowest BCUT2D eigenvalue weighted by Gasteiger charge is -2.61. The van der Waals surface area contributed by atoms with Crippen LogP contribution in [0.15, 0.2) is 176 Å². The minimum atomic E-state index is 0.108. The molecule has 0 aliphatic heterocycles. The molecule has 0 unspecified atom stereocenters. The summed E-state index contributed by atoms with van der Waals surface area (Å²) in [6, 6.07) is 64.3. The van der Waals surface area contributed by atoms with E-state index < -0.39 is 0 Å². The molecule has 0 radical (unpaired) electrons. The van der Waals surface area contributed by atoms with Gasteiger partial charge in [-0.3, -0.25) is 0 Å². The van der Waals surface area contributed by atoms with E-state index in [1.54, 1.807) is 11.1 Å². The molecule has 5 aliphatic rings. The molecular formula is C57H43N3. The molecule has 8 aromatic carbocycles. The SMILES string of the molecule is c1ccc(-c2ccc(-c3nc(-c4ccccc4)nc(-c4ccc5ccc(-c6c7c(cc8ccccc68)C6(c8ccccc8-7)C7CC8CC(C7)CC6C8)cc5c4)n3)cc2)cc1. The summed E-state index contributed by atoms with van der Waals surface area (Å²) in [7, 11) is 0. The molecule has 1 spiro atoms. The summed E-state index contributed by atoms with van der Waals surface area (Å²) in [6.07, 6.45) is 6.98. The van der Waals surface area contributed by atoms with Crippen molar-refractivity contribution in [2.45, 2.75) is 37.5 Å². The third kappa shape index (κ3) is 5.11. The highest BCUT2D eigenvalue weighted by atomic mass is 15.0. The second-order valence-electron chi connectivity index (χ2n) is 18.0. The highest BCUT2D eigenvalue weighted by molar-refractivity contribution is 6.09. The molecule has 9 aromatic rings. The Labute approximate surface area is 350 Å². The zero-order valence-electron chi connectivity index (χ0n) is 33.4. The molecule has 4 bridgehead atoms. The molecule has 0 atom stereocenters. The second kappa shape index (κ2) is 13.1. The number of rotatable bonds is 5. The Balaban J connectivity index is 0.973. The molecule has 5 aliphatic carbocycles. The fraction of sp³-hybridized carbons (Fsp3) is 0.175. The van der Waals surface area contributed by atoms with Gasteiger partial charge in [-0.1, -0.05) is 158 Å². The van der Waals surface area contributed by atoms with Gasteiger partial charge < -0.3 is 0 Å². The van der Waals surface area contributed by atoms with E-state index in [0.29, 0.717) is 17.5 Å². The first-order valence-electron chi connectivity index (χ1n) is 21.9. The van der Waals surface area contributed by atoms with Crippen molar-refractivity contribution < 1.29 is 0 Å². The lowest BCUT2D eigenvalue weighted by Crippen LogP contribution is -2.55. The average molecular weight is 770 g/mol. The number of fused-ring (bicyclic) bond motifs is 5. The molecular weight excluding hydrogens is 727 g/mol. The van der Waals surface area contributed by atoms with Crippen LogP contribution in [-0.4, -0.2) is 15.0 Å². The number of aromatic nitrogens is 3. The Morgan fingerprint density at radius 2 is 0.867 bits per heavy atom. The molecule has 0 amide bonds. The normalized spacial score (nSPS) is 22.1. The Kier molecular flexibility index (Phi) is 7.49. The van der Waals surface area contributed by atoms with Gasteiger partial charge in [0.25, 0.3) is 0 Å². The summed E-state index contributed by atoms with van der Waals surface area (Å²) in [4.78, 5) is 15.3. The van der Waals surface area contributed by atoms with Gasteiger partial charge in [0.05, 0.1) is 0 Å². The summed E-state index contributed by atoms with van der Waals surface area (Å²) < 4.78 is 0. The molecule has 14 rings (SSSR count). The Hall–Kier alpha value is -6.71. The number of hydrogen-bond acceptors (Lipinski definition) is 3. The Bertz CT molecular complexity index is 3120. The van der Waals surface area contributed by atoms with E-state index in [2.05, 4.69) is 158 Å². The van der Waals surface area contributed by atoms with Crippen LogP contribution in [0.3, 0.4) is 0 Å². The van der Waals surface area contributed by atoms with Crippen molar-refractivity contribution in [2.24, 2.45) is 23.7 Å². The largest absolute Gasteiger partial charge is 0.208 e. The van der Waals surface area contributed by atoms with Gasteiger partial charge in [-0.05, 0) is 140 Å². The maximum atomic E-state index is 5.16. The smallest absolute Gasteiger partial charge is 0.164 e. The molecule has 4 saturated carbocycles. The van der Waals surface area contributed by atoms with Crippen molar-refractivity contribution in [1.29, 1.82) is 0 Å². The van der Waals surface area contributed by atoms with Gasteiger partial charge in [0.1, 0.15) is 0 Å². The van der Waals surface area contributed by atoms with E-state index in [1.165, 1.54) is 81.5 Å². The van der Waals surface area contributed by atoms with E-state index in [9.17, 15) is 0 Å². The van der Waals surface area contributed by atoms with E-state index >= 15 is 0 Å². The van der Waals surface area contributed by atoms with Crippen molar-refractivity contribution in [3.63, 3.8) is 0 Å². The molecule has 1 aromatic heterocycles. The summed E-state index contributed by atoms with van der Waals surface area (Å²) in [6.45, 7) is 0. The van der Waals surface area contributed by atoms with Crippen LogP contribution in [0.5, 0.6) is 0 Å². The lowest BCUT2D eigenvalue weighted by molar-refractivity contribution is -0.0398. The topological polar surface area (TPSA) is 38.7 Å². The summed E-state index contributed by atoms with van der Waals surface area (Å²) in [5, 5.41) is 5.06. The van der Waals surface area contributed by atoms with Crippen LogP contribution in [0.25, 0.3) is 89.1 Å². The quantitative estimate of drug-likeness (QED) is 0.175. The average Bonchev–Trinajstić information content (AvgIpc) is 3.60. The predicted octanol–water partition coefficient (Wildman–Crippen LogP) is 14.2. The molecule has 0 saturated heterocycles. The van der Waals surface area contributed by atoms with Crippen LogP contribution in [0.2, 0.25) is 0 Å². The van der Waals surface area contributed by atoms with Crippen molar-refractivity contribution in [1.82, 2.24) is 15.0 Å². The van der Waals surface area contributed by atoms with Gasteiger partial charge >= 0.3 is 0 Å². The maximum Gasteiger partial charge on any atom is 0.164 e. The van der Waals surface area contributed by atoms with Crippen LogP contribution < -0.4 is 0 Å². The van der Waals surface area contributed by atoms with Crippen molar-refractivity contribution in [2.75, 3.05) is 0 Å².